The minimum Gasteiger partial charge on any atom is -0.494 e. The fourth-order valence-electron chi connectivity index (χ4n) is 1.94. The second-order valence-corrected chi connectivity index (χ2v) is 5.22. The van der Waals surface area contributed by atoms with E-state index >= 15 is 0 Å². The van der Waals surface area contributed by atoms with E-state index in [4.69, 9.17) is 10.5 Å². The zero-order chi connectivity index (χ0) is 14.3. The van der Waals surface area contributed by atoms with Crippen molar-refractivity contribution in [3.8, 4) is 5.75 Å². The van der Waals surface area contributed by atoms with Gasteiger partial charge in [0.1, 0.15) is 5.75 Å². The lowest BCUT2D eigenvalue weighted by Crippen LogP contribution is -2.35. The van der Waals surface area contributed by atoms with Crippen molar-refractivity contribution in [2.24, 2.45) is 5.73 Å². The van der Waals surface area contributed by atoms with Crippen molar-refractivity contribution in [3.05, 3.63) is 29.8 Å². The Morgan fingerprint density at radius 2 is 1.84 bits per heavy atom. The first kappa shape index (κ1) is 16.0. The Morgan fingerprint density at radius 1 is 1.21 bits per heavy atom. The van der Waals surface area contributed by atoms with Crippen LogP contribution in [0.15, 0.2) is 24.3 Å². The molecule has 0 aromatic heterocycles. The smallest absolute Gasteiger partial charge is 0.119 e. The Hall–Kier alpha value is -1.06. The third kappa shape index (κ3) is 5.21. The lowest BCUT2D eigenvalue weighted by Gasteiger charge is -2.26. The highest BCUT2D eigenvalue weighted by Gasteiger charge is 2.13. The van der Waals surface area contributed by atoms with Crippen LogP contribution in [0.3, 0.4) is 0 Å². The maximum absolute atomic E-state index is 6.26. The Balaban J connectivity index is 2.55. The van der Waals surface area contributed by atoms with Crippen LogP contribution in [0, 0.1) is 0 Å². The molecule has 1 aromatic carbocycles. The van der Waals surface area contributed by atoms with Crippen molar-refractivity contribution in [3.63, 3.8) is 0 Å². The fourth-order valence-corrected chi connectivity index (χ4v) is 1.94. The van der Waals surface area contributed by atoms with Gasteiger partial charge in [0.15, 0.2) is 0 Å². The van der Waals surface area contributed by atoms with E-state index in [0.29, 0.717) is 6.04 Å². The van der Waals surface area contributed by atoms with E-state index in [1.165, 1.54) is 5.56 Å². The molecule has 1 aromatic rings. The molecular formula is C16H28N2O. The summed E-state index contributed by atoms with van der Waals surface area (Å²) in [5.41, 5.74) is 7.42. The molecule has 0 aliphatic heterocycles. The molecule has 2 unspecified atom stereocenters. The maximum Gasteiger partial charge on any atom is 0.119 e. The van der Waals surface area contributed by atoms with Crippen LogP contribution in [-0.4, -0.2) is 31.1 Å². The first-order valence-corrected chi connectivity index (χ1v) is 7.27. The van der Waals surface area contributed by atoms with Crippen LogP contribution >= 0.6 is 0 Å². The number of hydrogen-bond acceptors (Lipinski definition) is 3. The average molecular weight is 264 g/mol. The second kappa shape index (κ2) is 8.18. The molecule has 0 spiro atoms. The summed E-state index contributed by atoms with van der Waals surface area (Å²) in [4.78, 5) is 2.31. The SMILES string of the molecule is CCCOc1ccc(C(N)CN(C)C(C)CC)cc1. The van der Waals surface area contributed by atoms with Gasteiger partial charge in [-0.1, -0.05) is 26.0 Å². The normalized spacial score (nSPS) is 14.4. The topological polar surface area (TPSA) is 38.5 Å². The Labute approximate surface area is 117 Å². The molecular weight excluding hydrogens is 236 g/mol. The van der Waals surface area contributed by atoms with E-state index in [0.717, 1.165) is 31.7 Å². The summed E-state index contributed by atoms with van der Waals surface area (Å²) in [6, 6.07) is 8.78. The quantitative estimate of drug-likeness (QED) is 0.783. The molecule has 19 heavy (non-hydrogen) atoms. The standard InChI is InChI=1S/C16H28N2O/c1-5-11-19-15-9-7-14(8-10-15)16(17)12-18(4)13(3)6-2/h7-10,13,16H,5-6,11-12,17H2,1-4H3. The highest BCUT2D eigenvalue weighted by molar-refractivity contribution is 5.29. The molecule has 0 bridgehead atoms. The third-order valence-electron chi connectivity index (χ3n) is 3.61. The molecule has 0 aliphatic carbocycles. The van der Waals surface area contributed by atoms with Crippen LogP contribution in [0.25, 0.3) is 0 Å². The van der Waals surface area contributed by atoms with Crippen molar-refractivity contribution in [2.45, 2.75) is 45.7 Å². The first-order chi connectivity index (χ1) is 9.08. The molecule has 0 saturated carbocycles. The van der Waals surface area contributed by atoms with Gasteiger partial charge >= 0.3 is 0 Å². The van der Waals surface area contributed by atoms with E-state index < -0.39 is 0 Å². The predicted molar refractivity (Wildman–Crippen MR) is 81.5 cm³/mol. The first-order valence-electron chi connectivity index (χ1n) is 7.27. The van der Waals surface area contributed by atoms with Crippen LogP contribution in [-0.2, 0) is 0 Å². The second-order valence-electron chi connectivity index (χ2n) is 5.22. The summed E-state index contributed by atoms with van der Waals surface area (Å²) in [5.74, 6) is 0.924. The van der Waals surface area contributed by atoms with E-state index in [-0.39, 0.29) is 6.04 Å². The maximum atomic E-state index is 6.26. The predicted octanol–water partition coefficient (Wildman–Crippen LogP) is 3.21. The fraction of sp³-hybridized carbons (Fsp3) is 0.625. The Morgan fingerprint density at radius 3 is 2.37 bits per heavy atom. The molecule has 0 saturated heterocycles. The molecule has 0 amide bonds. The minimum absolute atomic E-state index is 0.0548. The summed E-state index contributed by atoms with van der Waals surface area (Å²) in [6.07, 6.45) is 2.17. The third-order valence-corrected chi connectivity index (χ3v) is 3.61. The van der Waals surface area contributed by atoms with E-state index in [1.807, 2.05) is 12.1 Å². The summed E-state index contributed by atoms with van der Waals surface area (Å²) < 4.78 is 5.58. The van der Waals surface area contributed by atoms with E-state index in [2.05, 4.69) is 44.9 Å². The highest BCUT2D eigenvalue weighted by atomic mass is 16.5. The zero-order valence-electron chi connectivity index (χ0n) is 12.7. The zero-order valence-corrected chi connectivity index (χ0v) is 12.7. The van der Waals surface area contributed by atoms with Crippen molar-refractivity contribution < 1.29 is 4.74 Å². The number of nitrogens with zero attached hydrogens (tertiary/aromatic N) is 1. The molecule has 2 N–H and O–H groups in total. The van der Waals surface area contributed by atoms with Gasteiger partial charge in [-0.25, -0.2) is 0 Å². The highest BCUT2D eigenvalue weighted by Crippen LogP contribution is 2.18. The number of likely N-dealkylation sites (N-methyl/N-ethyl adjacent to an activating group) is 1. The van der Waals surface area contributed by atoms with Crippen LogP contribution in [0.1, 0.15) is 45.2 Å². The largest absolute Gasteiger partial charge is 0.494 e. The van der Waals surface area contributed by atoms with Crippen LogP contribution in [0.4, 0.5) is 0 Å². The van der Waals surface area contributed by atoms with E-state index in [1.54, 1.807) is 0 Å². The number of hydrogen-bond donors (Lipinski definition) is 1. The van der Waals surface area contributed by atoms with Gasteiger partial charge in [0.05, 0.1) is 6.61 Å². The summed E-state index contributed by atoms with van der Waals surface area (Å²) in [7, 11) is 2.13. The summed E-state index contributed by atoms with van der Waals surface area (Å²) in [6.45, 7) is 8.18. The number of nitrogens with two attached hydrogens (primary N) is 1. The van der Waals surface area contributed by atoms with Gasteiger partial charge in [-0.15, -0.1) is 0 Å². The molecule has 0 heterocycles. The lowest BCUT2D eigenvalue weighted by atomic mass is 10.1. The lowest BCUT2D eigenvalue weighted by molar-refractivity contribution is 0.237. The molecule has 3 heteroatoms. The molecule has 2 atom stereocenters. The number of benzene rings is 1. The minimum atomic E-state index is 0.0548. The van der Waals surface area contributed by atoms with Gasteiger partial charge in [0.25, 0.3) is 0 Å². The Bertz CT molecular complexity index is 350. The van der Waals surface area contributed by atoms with Gasteiger partial charge in [-0.05, 0) is 44.5 Å². The van der Waals surface area contributed by atoms with Crippen molar-refractivity contribution in [1.82, 2.24) is 4.90 Å². The molecule has 1 rings (SSSR count). The average Bonchev–Trinajstić information content (AvgIpc) is 2.44. The van der Waals surface area contributed by atoms with Gasteiger partial charge in [-0.2, -0.15) is 0 Å². The molecule has 0 radical (unpaired) electrons. The van der Waals surface area contributed by atoms with Crippen LogP contribution in [0.2, 0.25) is 0 Å². The van der Waals surface area contributed by atoms with Crippen LogP contribution in [0.5, 0.6) is 5.75 Å². The van der Waals surface area contributed by atoms with Gasteiger partial charge < -0.3 is 15.4 Å². The van der Waals surface area contributed by atoms with Crippen molar-refractivity contribution in [2.75, 3.05) is 20.2 Å². The van der Waals surface area contributed by atoms with Gasteiger partial charge in [0.2, 0.25) is 0 Å². The summed E-state index contributed by atoms with van der Waals surface area (Å²) in [5, 5.41) is 0. The van der Waals surface area contributed by atoms with Gasteiger partial charge in [0, 0.05) is 18.6 Å². The van der Waals surface area contributed by atoms with Crippen molar-refractivity contribution in [1.29, 1.82) is 0 Å². The monoisotopic (exact) mass is 264 g/mol. The van der Waals surface area contributed by atoms with Gasteiger partial charge in [-0.3, -0.25) is 0 Å². The molecule has 0 fully saturated rings. The Kier molecular flexibility index (Phi) is 6.89. The van der Waals surface area contributed by atoms with Crippen molar-refractivity contribution >= 4 is 0 Å². The number of rotatable bonds is 8. The molecule has 3 nitrogen and oxygen atoms in total. The summed E-state index contributed by atoms with van der Waals surface area (Å²) >= 11 is 0. The molecule has 108 valence electrons. The van der Waals surface area contributed by atoms with Crippen LogP contribution < -0.4 is 10.5 Å². The van der Waals surface area contributed by atoms with E-state index in [9.17, 15) is 0 Å². The number of ether oxygens (including phenoxy) is 1. The molecule has 0 aliphatic rings.